The molecule has 2 aliphatic carbocycles. The van der Waals surface area contributed by atoms with Crippen LogP contribution in [0.15, 0.2) is 66.3 Å². The molecular weight excluding hydrogens is 500 g/mol. The van der Waals surface area contributed by atoms with Gasteiger partial charge < -0.3 is 9.84 Å². The minimum atomic E-state index is -1.13. The van der Waals surface area contributed by atoms with E-state index in [0.29, 0.717) is 17.0 Å². The Morgan fingerprint density at radius 3 is 2.46 bits per heavy atom. The molecular formula is C30H28N2O7. The van der Waals surface area contributed by atoms with Gasteiger partial charge >= 0.3 is 0 Å². The number of carbonyl (C=O) groups excluding carboxylic acids is 4. The molecule has 0 aromatic heterocycles. The first kappa shape index (κ1) is 25.1. The molecule has 2 aliphatic heterocycles. The van der Waals surface area contributed by atoms with E-state index in [0.717, 1.165) is 5.57 Å². The number of hydrogen-bond acceptors (Lipinski definition) is 7. The maximum absolute atomic E-state index is 14.1. The number of phenolic OH excluding ortho intramolecular Hbond substituents is 1. The summed E-state index contributed by atoms with van der Waals surface area (Å²) in [7, 11) is 1.45. The summed E-state index contributed by atoms with van der Waals surface area (Å²) >= 11 is 0. The first-order chi connectivity index (χ1) is 18.7. The molecule has 4 aliphatic rings. The minimum absolute atomic E-state index is 0.00604. The van der Waals surface area contributed by atoms with Crippen LogP contribution in [-0.2, 0) is 19.2 Å². The summed E-state index contributed by atoms with van der Waals surface area (Å²) in [5, 5.41) is 20.3. The number of allylic oxidation sites excluding steroid dienone is 3. The van der Waals surface area contributed by atoms with Gasteiger partial charge in [-0.25, -0.2) is 4.90 Å². The van der Waals surface area contributed by atoms with E-state index in [9.17, 15) is 29.5 Å². The van der Waals surface area contributed by atoms with Crippen LogP contribution in [0, 0.1) is 35.0 Å². The van der Waals surface area contributed by atoms with Crippen LogP contribution in [0.5, 0.6) is 11.5 Å². The molecule has 2 saturated heterocycles. The number of fused-ring (bicyclic) bond motifs is 4. The zero-order valence-corrected chi connectivity index (χ0v) is 21.5. The largest absolute Gasteiger partial charge is 0.504 e. The van der Waals surface area contributed by atoms with Crippen molar-refractivity contribution < 1.29 is 34.2 Å². The Hall–Kier alpha value is -4.24. The number of nitrogens with zero attached hydrogens (tertiary/aromatic N) is 2. The van der Waals surface area contributed by atoms with Gasteiger partial charge in [0, 0.05) is 5.92 Å². The molecule has 9 heteroatoms. The van der Waals surface area contributed by atoms with E-state index in [1.165, 1.54) is 18.1 Å². The summed E-state index contributed by atoms with van der Waals surface area (Å²) in [6, 6.07) is 13.7. The second-order valence-corrected chi connectivity index (χ2v) is 10.8. The Morgan fingerprint density at radius 2 is 1.74 bits per heavy atom. The third kappa shape index (κ3) is 3.49. The molecule has 2 aromatic rings. The van der Waals surface area contributed by atoms with Crippen LogP contribution >= 0.6 is 0 Å². The number of benzene rings is 2. The highest BCUT2D eigenvalue weighted by atomic mass is 16.5. The number of imide groups is 2. The molecule has 0 bridgehead atoms. The van der Waals surface area contributed by atoms with Crippen molar-refractivity contribution in [2.24, 2.45) is 35.0 Å². The van der Waals surface area contributed by atoms with Gasteiger partial charge in [0.25, 0.3) is 11.8 Å². The molecule has 1 saturated carbocycles. The summed E-state index contributed by atoms with van der Waals surface area (Å²) in [6.45, 7) is 1.80. The van der Waals surface area contributed by atoms with Crippen molar-refractivity contribution in [2.45, 2.75) is 19.8 Å². The number of hydrogen-bond donors (Lipinski definition) is 2. The van der Waals surface area contributed by atoms with E-state index in [-0.39, 0.29) is 35.5 Å². The second kappa shape index (κ2) is 8.91. The summed E-state index contributed by atoms with van der Waals surface area (Å²) in [5.41, 5.74) is 0.887. The van der Waals surface area contributed by atoms with Crippen molar-refractivity contribution in [1.29, 1.82) is 0 Å². The summed E-state index contributed by atoms with van der Waals surface area (Å²) < 4.78 is 5.23. The lowest BCUT2D eigenvalue weighted by Crippen LogP contribution is -2.49. The van der Waals surface area contributed by atoms with Crippen LogP contribution < -0.4 is 9.64 Å². The molecule has 6 atom stereocenters. The van der Waals surface area contributed by atoms with Gasteiger partial charge in [-0.15, -0.1) is 0 Å². The van der Waals surface area contributed by atoms with Gasteiger partial charge in [0.05, 0.1) is 36.0 Å². The Labute approximate surface area is 224 Å². The van der Waals surface area contributed by atoms with Crippen molar-refractivity contribution in [3.8, 4) is 11.5 Å². The molecule has 6 rings (SSSR count). The summed E-state index contributed by atoms with van der Waals surface area (Å²) in [5.74, 6) is -4.90. The molecule has 0 spiro atoms. The zero-order chi connectivity index (χ0) is 27.6. The number of anilines is 1. The molecule has 4 amide bonds. The van der Waals surface area contributed by atoms with Gasteiger partial charge in [-0.2, -0.15) is 5.06 Å². The number of carbonyl (C=O) groups is 4. The van der Waals surface area contributed by atoms with Gasteiger partial charge in [-0.05, 0) is 55.5 Å². The Balaban J connectivity index is 1.48. The number of rotatable bonds is 4. The average Bonchev–Trinajstić information content (AvgIpc) is 3.28. The normalized spacial score (nSPS) is 31.9. The SMILES string of the molecule is COc1cc(C=C[C@H]2C3=CC[C@@H]4C(=O)N(O)C(=O)[C@@H]4[C@@H]3C[C@H]3C(=O)N(c4ccccc4)C(=O)[C@@]23C)ccc1O. The number of phenols is 1. The van der Waals surface area contributed by atoms with E-state index in [4.69, 9.17) is 4.74 Å². The summed E-state index contributed by atoms with van der Waals surface area (Å²) in [6.07, 6.45) is 6.08. The van der Waals surface area contributed by atoms with Gasteiger partial charge in [-0.3, -0.25) is 24.4 Å². The maximum Gasteiger partial charge on any atom is 0.257 e. The minimum Gasteiger partial charge on any atom is -0.504 e. The predicted molar refractivity (Wildman–Crippen MR) is 139 cm³/mol. The van der Waals surface area contributed by atoms with E-state index < -0.39 is 46.8 Å². The number of ether oxygens (including phenoxy) is 1. The van der Waals surface area contributed by atoms with Crippen molar-refractivity contribution in [1.82, 2.24) is 5.06 Å². The highest BCUT2D eigenvalue weighted by Crippen LogP contribution is 2.60. The van der Waals surface area contributed by atoms with E-state index >= 15 is 0 Å². The fourth-order valence-electron chi connectivity index (χ4n) is 7.03. The average molecular weight is 529 g/mol. The topological polar surface area (TPSA) is 124 Å². The highest BCUT2D eigenvalue weighted by Gasteiger charge is 2.66. The van der Waals surface area contributed by atoms with Crippen LogP contribution in [0.25, 0.3) is 6.08 Å². The quantitative estimate of drug-likeness (QED) is 0.353. The Morgan fingerprint density at radius 1 is 1.00 bits per heavy atom. The lowest BCUT2D eigenvalue weighted by atomic mass is 9.52. The van der Waals surface area contributed by atoms with Crippen LogP contribution in [0.1, 0.15) is 25.3 Å². The number of methoxy groups -OCH3 is 1. The van der Waals surface area contributed by atoms with Crippen LogP contribution in [0.3, 0.4) is 0 Å². The van der Waals surface area contributed by atoms with E-state index in [1.54, 1.807) is 43.3 Å². The molecule has 2 heterocycles. The van der Waals surface area contributed by atoms with Crippen molar-refractivity contribution in [2.75, 3.05) is 12.0 Å². The van der Waals surface area contributed by atoms with Crippen LogP contribution in [0.2, 0.25) is 0 Å². The number of amides is 4. The monoisotopic (exact) mass is 528 g/mol. The lowest BCUT2D eigenvalue weighted by Gasteiger charge is -2.47. The molecule has 0 radical (unpaired) electrons. The maximum atomic E-state index is 14.1. The third-order valence-electron chi connectivity index (χ3n) is 9.02. The van der Waals surface area contributed by atoms with Gasteiger partial charge in [0.2, 0.25) is 11.8 Å². The van der Waals surface area contributed by atoms with Gasteiger partial charge in [0.15, 0.2) is 11.5 Å². The number of hydroxylamine groups is 2. The molecule has 2 N–H and O–H groups in total. The molecule has 3 fully saturated rings. The molecule has 39 heavy (non-hydrogen) atoms. The van der Waals surface area contributed by atoms with Crippen molar-refractivity contribution >= 4 is 35.4 Å². The van der Waals surface area contributed by atoms with Crippen LogP contribution in [0.4, 0.5) is 5.69 Å². The zero-order valence-electron chi connectivity index (χ0n) is 21.5. The fraction of sp³-hybridized carbons (Fsp3) is 0.333. The molecule has 2 aromatic carbocycles. The molecule has 0 unspecified atom stereocenters. The molecule has 9 nitrogen and oxygen atoms in total. The van der Waals surface area contributed by atoms with Gasteiger partial charge in [0.1, 0.15) is 0 Å². The first-order valence-corrected chi connectivity index (χ1v) is 12.9. The van der Waals surface area contributed by atoms with Crippen molar-refractivity contribution in [3.05, 3.63) is 71.8 Å². The Bertz CT molecular complexity index is 1460. The van der Waals surface area contributed by atoms with Gasteiger partial charge in [-0.1, -0.05) is 48.1 Å². The highest BCUT2D eigenvalue weighted by molar-refractivity contribution is 6.24. The van der Waals surface area contributed by atoms with Crippen LogP contribution in [-0.4, -0.2) is 46.1 Å². The fourth-order valence-corrected chi connectivity index (χ4v) is 7.03. The third-order valence-corrected chi connectivity index (χ3v) is 9.02. The second-order valence-electron chi connectivity index (χ2n) is 10.8. The predicted octanol–water partition coefficient (Wildman–Crippen LogP) is 3.57. The van der Waals surface area contributed by atoms with Crippen molar-refractivity contribution in [3.63, 3.8) is 0 Å². The standard InChI is InChI=1S/C30H28N2O7/c1-30-21(12-8-16-9-13-23(33)24(14-16)39-2)18-10-11-19-25(28(36)32(38)26(19)34)20(18)15-22(30)27(35)31(29(30)37)17-6-4-3-5-7-17/h3-10,12-14,19-22,25,33,38H,11,15H2,1-2H3/t19-,20+,21-,22-,25-,30-/m0/s1. The number of aromatic hydroxyl groups is 1. The summed E-state index contributed by atoms with van der Waals surface area (Å²) in [4.78, 5) is 54.9. The van der Waals surface area contributed by atoms with E-state index in [2.05, 4.69) is 0 Å². The lowest BCUT2D eigenvalue weighted by molar-refractivity contribution is -0.173. The Kier molecular flexibility index (Phi) is 5.73. The smallest absolute Gasteiger partial charge is 0.257 e. The molecule has 200 valence electrons. The number of para-hydroxylation sites is 1. The van der Waals surface area contributed by atoms with E-state index in [1.807, 2.05) is 24.3 Å². The first-order valence-electron chi connectivity index (χ1n) is 12.9.